The van der Waals surface area contributed by atoms with Gasteiger partial charge in [-0.05, 0) is 31.0 Å². The molecule has 1 saturated heterocycles. The summed E-state index contributed by atoms with van der Waals surface area (Å²) in [5.41, 5.74) is 0.0687. The Morgan fingerprint density at radius 2 is 1.78 bits per heavy atom. The minimum absolute atomic E-state index is 0.127. The van der Waals surface area contributed by atoms with Crippen molar-refractivity contribution in [2.45, 2.75) is 23.8 Å². The highest BCUT2D eigenvalue weighted by atomic mass is 32.2. The van der Waals surface area contributed by atoms with E-state index in [-0.39, 0.29) is 10.8 Å². The Morgan fingerprint density at radius 1 is 1.15 bits per heavy atom. The first-order valence-corrected chi connectivity index (χ1v) is 9.82. The average molecular weight is 390 g/mol. The molecule has 1 aliphatic rings. The molecule has 0 radical (unpaired) electrons. The molecular formula is C17H18N4O5S. The van der Waals surface area contributed by atoms with Crippen LogP contribution in [-0.4, -0.2) is 48.3 Å². The van der Waals surface area contributed by atoms with Gasteiger partial charge in [-0.2, -0.15) is 0 Å². The third-order valence-corrected chi connectivity index (χ3v) is 5.95. The minimum atomic E-state index is -4.03. The minimum Gasteiger partial charge on any atom is -0.339 e. The molecule has 0 spiro atoms. The second kappa shape index (κ2) is 7.80. The number of hydrogen-bond acceptors (Lipinski definition) is 6. The van der Waals surface area contributed by atoms with Crippen LogP contribution in [0.25, 0.3) is 0 Å². The Morgan fingerprint density at radius 3 is 2.41 bits per heavy atom. The normalized spacial score (nSPS) is 15.5. The van der Waals surface area contributed by atoms with Crippen molar-refractivity contribution < 1.29 is 18.1 Å². The van der Waals surface area contributed by atoms with Crippen molar-refractivity contribution in [2.75, 3.05) is 13.1 Å². The van der Waals surface area contributed by atoms with E-state index in [0.29, 0.717) is 31.5 Å². The Kier molecular flexibility index (Phi) is 5.47. The van der Waals surface area contributed by atoms with Gasteiger partial charge < -0.3 is 4.90 Å². The van der Waals surface area contributed by atoms with Gasteiger partial charge in [-0.15, -0.1) is 0 Å². The van der Waals surface area contributed by atoms with Crippen LogP contribution < -0.4 is 4.72 Å². The summed E-state index contributed by atoms with van der Waals surface area (Å²) in [6.07, 6.45) is 3.94. The lowest BCUT2D eigenvalue weighted by Gasteiger charge is -2.32. The number of piperidine rings is 1. The SMILES string of the molecule is O=C(c1ccncc1)N1CCC(NS(=O)(=O)c2ccccc2[N+](=O)[O-])CC1. The molecule has 1 amide bonds. The number of sulfonamides is 1. The second-order valence-electron chi connectivity index (χ2n) is 6.15. The zero-order chi connectivity index (χ0) is 19.4. The first-order chi connectivity index (χ1) is 12.9. The van der Waals surface area contributed by atoms with Crippen molar-refractivity contribution in [1.82, 2.24) is 14.6 Å². The number of nitrogens with zero attached hydrogens (tertiary/aromatic N) is 3. The van der Waals surface area contributed by atoms with E-state index in [4.69, 9.17) is 0 Å². The maximum Gasteiger partial charge on any atom is 0.289 e. The first kappa shape index (κ1) is 18.9. The predicted molar refractivity (Wildman–Crippen MR) is 96.6 cm³/mol. The summed E-state index contributed by atoms with van der Waals surface area (Å²) in [6, 6.07) is 8.10. The van der Waals surface area contributed by atoms with E-state index in [1.54, 1.807) is 29.4 Å². The second-order valence-corrected chi connectivity index (χ2v) is 7.83. The molecule has 0 saturated carbocycles. The van der Waals surface area contributed by atoms with Crippen LogP contribution in [0.5, 0.6) is 0 Å². The zero-order valence-electron chi connectivity index (χ0n) is 14.3. The lowest BCUT2D eigenvalue weighted by atomic mass is 10.1. The molecule has 142 valence electrons. The summed E-state index contributed by atoms with van der Waals surface area (Å²) < 4.78 is 27.6. The fourth-order valence-electron chi connectivity index (χ4n) is 3.00. The third-order valence-electron chi connectivity index (χ3n) is 4.38. The Hall–Kier alpha value is -2.85. The summed E-state index contributed by atoms with van der Waals surface area (Å²) in [7, 11) is -4.03. The molecule has 1 fully saturated rings. The quantitative estimate of drug-likeness (QED) is 0.611. The van der Waals surface area contributed by atoms with E-state index in [2.05, 4.69) is 9.71 Å². The number of nitro groups is 1. The fraction of sp³-hybridized carbons (Fsp3) is 0.294. The van der Waals surface area contributed by atoms with E-state index in [0.717, 1.165) is 6.07 Å². The number of rotatable bonds is 5. The molecule has 27 heavy (non-hydrogen) atoms. The largest absolute Gasteiger partial charge is 0.339 e. The van der Waals surface area contributed by atoms with Gasteiger partial charge in [0, 0.05) is 43.2 Å². The van der Waals surface area contributed by atoms with Gasteiger partial charge in [0.2, 0.25) is 10.0 Å². The zero-order valence-corrected chi connectivity index (χ0v) is 15.1. The molecule has 1 aromatic carbocycles. The van der Waals surface area contributed by atoms with Gasteiger partial charge in [0.25, 0.3) is 11.6 Å². The van der Waals surface area contributed by atoms with Gasteiger partial charge >= 0.3 is 0 Å². The van der Waals surface area contributed by atoms with Crippen LogP contribution in [0.4, 0.5) is 5.69 Å². The highest BCUT2D eigenvalue weighted by molar-refractivity contribution is 7.89. The van der Waals surface area contributed by atoms with Gasteiger partial charge in [0.1, 0.15) is 0 Å². The number of nitrogens with one attached hydrogen (secondary N) is 1. The van der Waals surface area contributed by atoms with Crippen molar-refractivity contribution in [3.8, 4) is 0 Å². The topological polar surface area (TPSA) is 123 Å². The molecule has 1 N–H and O–H groups in total. The molecule has 1 aromatic heterocycles. The number of hydrogen-bond donors (Lipinski definition) is 1. The van der Waals surface area contributed by atoms with Crippen molar-refractivity contribution in [3.05, 3.63) is 64.5 Å². The van der Waals surface area contributed by atoms with Crippen LogP contribution in [0.3, 0.4) is 0 Å². The van der Waals surface area contributed by atoms with Crippen molar-refractivity contribution in [2.24, 2.45) is 0 Å². The molecule has 0 aliphatic carbocycles. The average Bonchev–Trinajstić information content (AvgIpc) is 2.68. The van der Waals surface area contributed by atoms with Crippen LogP contribution in [0.1, 0.15) is 23.2 Å². The molecule has 10 heteroatoms. The van der Waals surface area contributed by atoms with E-state index < -0.39 is 26.7 Å². The van der Waals surface area contributed by atoms with Gasteiger partial charge in [-0.25, -0.2) is 13.1 Å². The number of carbonyl (C=O) groups is 1. The van der Waals surface area contributed by atoms with Crippen LogP contribution >= 0.6 is 0 Å². The van der Waals surface area contributed by atoms with E-state index >= 15 is 0 Å². The smallest absolute Gasteiger partial charge is 0.289 e. The summed E-state index contributed by atoms with van der Waals surface area (Å²) in [4.78, 5) is 28.0. The maximum absolute atomic E-state index is 12.6. The van der Waals surface area contributed by atoms with Crippen LogP contribution in [0, 0.1) is 10.1 Å². The number of carbonyl (C=O) groups excluding carboxylic acids is 1. The molecule has 0 unspecified atom stereocenters. The monoisotopic (exact) mass is 390 g/mol. The van der Waals surface area contributed by atoms with Gasteiger partial charge in [-0.3, -0.25) is 19.9 Å². The highest BCUT2D eigenvalue weighted by Gasteiger charge is 2.30. The molecule has 1 aliphatic heterocycles. The molecule has 9 nitrogen and oxygen atoms in total. The Bertz CT molecular complexity index is 941. The van der Waals surface area contributed by atoms with Gasteiger partial charge in [0.05, 0.1) is 4.92 Å². The third kappa shape index (κ3) is 4.29. The standard InChI is InChI=1S/C17H18N4O5S/c22-17(13-5-9-18-10-6-13)20-11-7-14(8-12-20)19-27(25,26)16-4-2-1-3-15(16)21(23)24/h1-6,9-10,14,19H,7-8,11-12H2. The number of nitro benzene ring substituents is 1. The highest BCUT2D eigenvalue weighted by Crippen LogP contribution is 2.24. The van der Waals surface area contributed by atoms with Crippen molar-refractivity contribution in [3.63, 3.8) is 0 Å². The Labute approximate surface area is 156 Å². The van der Waals surface area contributed by atoms with Crippen LogP contribution in [-0.2, 0) is 10.0 Å². The number of para-hydroxylation sites is 1. The summed E-state index contributed by atoms with van der Waals surface area (Å²) in [5, 5.41) is 11.1. The maximum atomic E-state index is 12.6. The summed E-state index contributed by atoms with van der Waals surface area (Å²) in [6.45, 7) is 0.788. The van der Waals surface area contributed by atoms with Gasteiger partial charge in [-0.1, -0.05) is 12.1 Å². The molecule has 0 atom stereocenters. The number of pyridine rings is 1. The predicted octanol–water partition coefficient (Wildman–Crippen LogP) is 1.57. The number of benzene rings is 1. The number of likely N-dealkylation sites (tertiary alicyclic amines) is 1. The molecule has 3 rings (SSSR count). The number of amides is 1. The van der Waals surface area contributed by atoms with Crippen molar-refractivity contribution >= 4 is 21.6 Å². The first-order valence-electron chi connectivity index (χ1n) is 8.33. The van der Waals surface area contributed by atoms with Crippen LogP contribution in [0.15, 0.2) is 53.7 Å². The number of aromatic nitrogens is 1. The molecule has 0 bridgehead atoms. The Balaban J connectivity index is 1.65. The lowest BCUT2D eigenvalue weighted by molar-refractivity contribution is -0.387. The van der Waals surface area contributed by atoms with E-state index in [1.165, 1.54) is 18.2 Å². The van der Waals surface area contributed by atoms with Gasteiger partial charge in [0.15, 0.2) is 4.90 Å². The summed E-state index contributed by atoms with van der Waals surface area (Å²) in [5.74, 6) is -0.127. The van der Waals surface area contributed by atoms with Crippen molar-refractivity contribution in [1.29, 1.82) is 0 Å². The summed E-state index contributed by atoms with van der Waals surface area (Å²) >= 11 is 0. The lowest BCUT2D eigenvalue weighted by Crippen LogP contribution is -2.46. The fourth-order valence-corrected chi connectivity index (χ4v) is 4.47. The molecule has 2 aromatic rings. The van der Waals surface area contributed by atoms with E-state index in [9.17, 15) is 23.3 Å². The van der Waals surface area contributed by atoms with E-state index in [1.807, 2.05) is 0 Å². The van der Waals surface area contributed by atoms with Crippen LogP contribution in [0.2, 0.25) is 0 Å². The molecule has 2 heterocycles. The molecular weight excluding hydrogens is 372 g/mol.